The van der Waals surface area contributed by atoms with Crippen LogP contribution in [-0.4, -0.2) is 81.0 Å². The maximum Gasteiger partial charge on any atom is 0.296 e. The summed E-state index contributed by atoms with van der Waals surface area (Å²) in [5, 5.41) is 12.8. The van der Waals surface area contributed by atoms with E-state index in [1.165, 1.54) is 10.8 Å². The Hall–Kier alpha value is -3.31. The molecular weight excluding hydrogens is 528 g/mol. The van der Waals surface area contributed by atoms with Crippen LogP contribution in [0.2, 0.25) is 0 Å². The van der Waals surface area contributed by atoms with Crippen LogP contribution in [0.5, 0.6) is 0 Å². The number of rotatable bonds is 10. The average Bonchev–Trinajstić information content (AvgIpc) is 3.39. The molecule has 11 heteroatoms. The van der Waals surface area contributed by atoms with Gasteiger partial charge in [-0.15, -0.1) is 0 Å². The second kappa shape index (κ2) is 13.1. The lowest BCUT2D eigenvalue weighted by molar-refractivity contribution is 0.0985. The van der Waals surface area contributed by atoms with Gasteiger partial charge in [-0.3, -0.25) is 9.47 Å². The molecular formula is C30H41F2N7O2. The first-order valence-electron chi connectivity index (χ1n) is 14.6. The van der Waals surface area contributed by atoms with Crippen molar-refractivity contribution >= 4 is 22.8 Å². The third kappa shape index (κ3) is 6.62. The van der Waals surface area contributed by atoms with E-state index in [2.05, 4.69) is 33.9 Å². The topological polar surface area (TPSA) is 91.6 Å². The lowest BCUT2D eigenvalue weighted by Gasteiger charge is -2.36. The molecule has 1 aromatic carbocycles. The highest BCUT2D eigenvalue weighted by atomic mass is 19.3. The van der Waals surface area contributed by atoms with Gasteiger partial charge in [-0.25, -0.2) is 13.8 Å². The summed E-state index contributed by atoms with van der Waals surface area (Å²) in [5.41, 5.74) is 2.05. The Morgan fingerprint density at radius 2 is 1.93 bits per heavy atom. The number of anilines is 2. The summed E-state index contributed by atoms with van der Waals surface area (Å²) >= 11 is 0. The largest absolute Gasteiger partial charge is 0.516 e. The van der Waals surface area contributed by atoms with Crippen molar-refractivity contribution in [2.24, 2.45) is 5.92 Å². The highest BCUT2D eigenvalue weighted by Gasteiger charge is 2.27. The van der Waals surface area contributed by atoms with Crippen LogP contribution >= 0.6 is 0 Å². The van der Waals surface area contributed by atoms with E-state index in [9.17, 15) is 13.9 Å². The fraction of sp³-hybridized carbons (Fsp3) is 0.567. The van der Waals surface area contributed by atoms with E-state index in [1.54, 1.807) is 24.3 Å². The summed E-state index contributed by atoms with van der Waals surface area (Å²) in [7, 11) is 0. The van der Waals surface area contributed by atoms with Crippen LogP contribution in [0.1, 0.15) is 58.7 Å². The molecule has 1 aliphatic carbocycles. The van der Waals surface area contributed by atoms with Crippen LogP contribution in [0.25, 0.3) is 16.9 Å². The molecule has 0 bridgehead atoms. The Balaban J connectivity index is 1.38. The number of hydrogen-bond donors (Lipinski definition) is 2. The van der Waals surface area contributed by atoms with Crippen molar-refractivity contribution < 1.29 is 18.6 Å². The molecule has 222 valence electrons. The van der Waals surface area contributed by atoms with Gasteiger partial charge in [0.2, 0.25) is 5.95 Å². The minimum atomic E-state index is -2.76. The first kappa shape index (κ1) is 29.2. The molecule has 2 N–H and O–H groups in total. The number of hydrogen-bond acceptors (Lipinski definition) is 8. The summed E-state index contributed by atoms with van der Waals surface area (Å²) in [6.07, 6.45) is 2.78. The van der Waals surface area contributed by atoms with Gasteiger partial charge in [0.25, 0.3) is 6.43 Å². The van der Waals surface area contributed by atoms with E-state index in [0.29, 0.717) is 66.9 Å². The van der Waals surface area contributed by atoms with Crippen LogP contribution in [0, 0.1) is 5.92 Å². The molecule has 3 aromatic rings. The van der Waals surface area contributed by atoms with Crippen LogP contribution in [0.3, 0.4) is 0 Å². The van der Waals surface area contributed by atoms with Crippen molar-refractivity contribution in [3.8, 4) is 5.82 Å². The summed E-state index contributed by atoms with van der Waals surface area (Å²) in [6, 6.07) is 9.51. The fourth-order valence-corrected chi connectivity index (χ4v) is 6.07. The summed E-state index contributed by atoms with van der Waals surface area (Å²) in [6.45, 7) is 10.4. The van der Waals surface area contributed by atoms with Gasteiger partial charge < -0.3 is 20.1 Å². The number of benzene rings is 1. The van der Waals surface area contributed by atoms with Gasteiger partial charge in [-0.2, -0.15) is 9.97 Å². The van der Waals surface area contributed by atoms with Gasteiger partial charge in [0, 0.05) is 31.7 Å². The number of nitrogens with one attached hydrogen (secondary N) is 1. The summed E-state index contributed by atoms with van der Waals surface area (Å²) in [5.74, 6) is 1.61. The molecule has 0 unspecified atom stereocenters. The zero-order valence-corrected chi connectivity index (χ0v) is 24.1. The van der Waals surface area contributed by atoms with Crippen LogP contribution in [-0.2, 0) is 4.74 Å². The molecule has 2 aliphatic rings. The smallest absolute Gasteiger partial charge is 0.296 e. The van der Waals surface area contributed by atoms with E-state index in [1.807, 2.05) is 13.0 Å². The third-order valence-electron chi connectivity index (χ3n) is 8.33. The lowest BCUT2D eigenvalue weighted by atomic mass is 9.85. The van der Waals surface area contributed by atoms with E-state index in [4.69, 9.17) is 14.7 Å². The maximum atomic E-state index is 14.2. The molecule has 1 saturated heterocycles. The third-order valence-corrected chi connectivity index (χ3v) is 8.33. The number of aliphatic hydroxyl groups excluding tert-OH is 1. The van der Waals surface area contributed by atoms with Crippen LogP contribution < -0.4 is 10.2 Å². The van der Waals surface area contributed by atoms with Crippen molar-refractivity contribution in [3.63, 3.8) is 0 Å². The molecule has 41 heavy (non-hydrogen) atoms. The monoisotopic (exact) mass is 569 g/mol. The number of morpholine rings is 1. The van der Waals surface area contributed by atoms with Crippen molar-refractivity contribution in [3.05, 3.63) is 48.0 Å². The van der Waals surface area contributed by atoms with Crippen molar-refractivity contribution in [2.75, 3.05) is 49.6 Å². The van der Waals surface area contributed by atoms with Crippen molar-refractivity contribution in [1.29, 1.82) is 0 Å². The second-order valence-corrected chi connectivity index (χ2v) is 11.2. The van der Waals surface area contributed by atoms with E-state index < -0.39 is 6.43 Å². The number of fused-ring (bicyclic) bond motifs is 1. The van der Waals surface area contributed by atoms with E-state index >= 15 is 0 Å². The molecule has 1 aliphatic heterocycles. The molecule has 0 spiro atoms. The number of para-hydroxylation sites is 2. The minimum absolute atomic E-state index is 0.0922. The van der Waals surface area contributed by atoms with E-state index in [0.717, 1.165) is 44.3 Å². The van der Waals surface area contributed by atoms with Crippen molar-refractivity contribution in [2.45, 2.75) is 65.0 Å². The molecule has 2 fully saturated rings. The Morgan fingerprint density at radius 1 is 1.17 bits per heavy atom. The number of likely N-dealkylation sites (N-methyl/N-ethyl adjacent to an activating group) is 1. The molecule has 1 saturated carbocycles. The zero-order chi connectivity index (χ0) is 28.9. The van der Waals surface area contributed by atoms with Crippen molar-refractivity contribution in [1.82, 2.24) is 24.4 Å². The standard InChI is InChI=1S/C30H41F2N7O2/c1-4-37(17-20(2)18-40)23-11-9-22(10-12-23)16-33-30-35-26(38-13-14-41-19-21(38)3)15-27(36-30)39-25-8-6-5-7-24(25)34-29(39)28(31)32/h5-8,15,18,21-23,28,40H,4,9-14,16-17,19H2,1-3H3,(H,33,35,36)/b20-18+/t21-,22?,23?/m1/s1. The molecule has 9 nitrogen and oxygen atoms in total. The van der Waals surface area contributed by atoms with Gasteiger partial charge in [-0.05, 0) is 69.7 Å². The first-order chi connectivity index (χ1) is 19.9. The molecule has 0 radical (unpaired) electrons. The number of halogens is 2. The predicted molar refractivity (Wildman–Crippen MR) is 157 cm³/mol. The number of aromatic nitrogens is 4. The van der Waals surface area contributed by atoms with Gasteiger partial charge >= 0.3 is 0 Å². The maximum absolute atomic E-state index is 14.2. The zero-order valence-electron chi connectivity index (χ0n) is 24.1. The number of imidazole rings is 1. The number of nitrogens with zero attached hydrogens (tertiary/aromatic N) is 6. The number of alkyl halides is 2. The number of ether oxygens (including phenoxy) is 1. The highest BCUT2D eigenvalue weighted by Crippen LogP contribution is 2.31. The molecule has 3 heterocycles. The van der Waals surface area contributed by atoms with E-state index in [-0.39, 0.29) is 11.9 Å². The Labute approximate surface area is 240 Å². The molecule has 2 aromatic heterocycles. The first-order valence-corrected chi connectivity index (χ1v) is 14.6. The van der Waals surface area contributed by atoms with Crippen LogP contribution in [0.4, 0.5) is 20.5 Å². The van der Waals surface area contributed by atoms with Gasteiger partial charge in [0.1, 0.15) is 11.6 Å². The Bertz CT molecular complexity index is 1340. The Kier molecular flexibility index (Phi) is 9.34. The van der Waals surface area contributed by atoms with Crippen LogP contribution in [0.15, 0.2) is 42.2 Å². The van der Waals surface area contributed by atoms with Gasteiger partial charge in [0.05, 0.1) is 36.6 Å². The molecule has 5 rings (SSSR count). The number of aliphatic hydroxyl groups is 1. The summed E-state index contributed by atoms with van der Waals surface area (Å²) in [4.78, 5) is 18.4. The predicted octanol–water partition coefficient (Wildman–Crippen LogP) is 5.73. The van der Waals surface area contributed by atoms with Gasteiger partial charge in [-0.1, -0.05) is 19.1 Å². The second-order valence-electron chi connectivity index (χ2n) is 11.2. The molecule has 1 atom stereocenters. The highest BCUT2D eigenvalue weighted by molar-refractivity contribution is 5.78. The average molecular weight is 570 g/mol. The molecule has 0 amide bonds. The van der Waals surface area contributed by atoms with Gasteiger partial charge in [0.15, 0.2) is 5.82 Å². The normalized spacial score (nSPS) is 22.2. The quantitative estimate of drug-likeness (QED) is 0.299. The Morgan fingerprint density at radius 3 is 2.63 bits per heavy atom. The lowest BCUT2D eigenvalue weighted by Crippen LogP contribution is -2.44. The summed E-state index contributed by atoms with van der Waals surface area (Å²) < 4.78 is 35.4. The SMILES string of the molecule is CCN(C/C(C)=C/O)C1CCC(CNc2nc(N3CCOC[C@H]3C)cc(-n3c(C(F)F)nc4ccccc43)n2)CC1. The minimum Gasteiger partial charge on any atom is -0.516 e. The fourth-order valence-electron chi connectivity index (χ4n) is 6.07.